The van der Waals surface area contributed by atoms with Crippen molar-refractivity contribution in [3.05, 3.63) is 57.8 Å². The van der Waals surface area contributed by atoms with Gasteiger partial charge in [0.1, 0.15) is 6.04 Å². The molecule has 0 spiro atoms. The molecule has 2 aromatic rings. The summed E-state index contributed by atoms with van der Waals surface area (Å²) in [5.74, 6) is -0.187. The number of carbonyl (C=O) groups is 2. The van der Waals surface area contributed by atoms with Crippen LogP contribution in [0, 0.1) is 6.92 Å². The molecule has 1 N–H and O–H groups in total. The molecule has 0 aliphatic heterocycles. The molecular weight excluding hydrogens is 408 g/mol. The monoisotopic (exact) mass is 442 g/mol. The first-order chi connectivity index (χ1) is 15.1. The molecular formula is C25H34N2O3S. The maximum Gasteiger partial charge on any atom is 0.264 e. The van der Waals surface area contributed by atoms with E-state index in [0.29, 0.717) is 31.1 Å². The third-order valence-electron chi connectivity index (χ3n) is 5.79. The van der Waals surface area contributed by atoms with Gasteiger partial charge in [0.2, 0.25) is 5.91 Å². The van der Waals surface area contributed by atoms with E-state index in [1.807, 2.05) is 55.6 Å². The molecule has 1 aliphatic carbocycles. The zero-order chi connectivity index (χ0) is 22.1. The highest BCUT2D eigenvalue weighted by atomic mass is 32.1. The number of nitrogens with zero attached hydrogens (tertiary/aromatic N) is 1. The lowest BCUT2D eigenvalue weighted by Gasteiger charge is -2.33. The van der Waals surface area contributed by atoms with E-state index >= 15 is 0 Å². The van der Waals surface area contributed by atoms with Crippen LogP contribution in [0.25, 0.3) is 0 Å². The Morgan fingerprint density at radius 1 is 1.16 bits per heavy atom. The van der Waals surface area contributed by atoms with Crippen molar-refractivity contribution in [2.24, 2.45) is 0 Å². The number of hydrogen-bond donors (Lipinski definition) is 1. The molecule has 2 amide bonds. The summed E-state index contributed by atoms with van der Waals surface area (Å²) < 4.78 is 5.50. The van der Waals surface area contributed by atoms with Crippen LogP contribution < -0.4 is 5.32 Å². The summed E-state index contributed by atoms with van der Waals surface area (Å²) in [6.45, 7) is 5.66. The van der Waals surface area contributed by atoms with Gasteiger partial charge in [-0.2, -0.15) is 0 Å². The molecule has 1 aromatic carbocycles. The summed E-state index contributed by atoms with van der Waals surface area (Å²) in [6, 6.07) is 11.2. The van der Waals surface area contributed by atoms with E-state index < -0.39 is 6.04 Å². The number of nitrogens with one attached hydrogen (secondary N) is 1. The van der Waals surface area contributed by atoms with Crippen molar-refractivity contribution in [2.45, 2.75) is 64.5 Å². The van der Waals surface area contributed by atoms with Gasteiger partial charge in [-0.15, -0.1) is 11.3 Å². The summed E-state index contributed by atoms with van der Waals surface area (Å²) in [5.41, 5.74) is 1.97. The number of ether oxygens (including phenoxy) is 1. The minimum Gasteiger partial charge on any atom is -0.382 e. The molecule has 1 heterocycles. The van der Waals surface area contributed by atoms with Crippen LogP contribution in [0.1, 0.15) is 72.3 Å². The fourth-order valence-corrected chi connectivity index (χ4v) is 4.80. The van der Waals surface area contributed by atoms with Crippen molar-refractivity contribution >= 4 is 23.2 Å². The number of amides is 2. The fourth-order valence-electron chi connectivity index (χ4n) is 4.12. The van der Waals surface area contributed by atoms with Crippen LogP contribution in [0.2, 0.25) is 0 Å². The summed E-state index contributed by atoms with van der Waals surface area (Å²) in [7, 11) is 0. The second-order valence-corrected chi connectivity index (χ2v) is 9.13. The molecule has 1 aliphatic rings. The average molecular weight is 443 g/mol. The molecule has 168 valence electrons. The molecule has 5 nitrogen and oxygen atoms in total. The Kier molecular flexibility index (Phi) is 9.10. The summed E-state index contributed by atoms with van der Waals surface area (Å²) in [4.78, 5) is 29.4. The first kappa shape index (κ1) is 23.5. The Labute approximate surface area is 189 Å². The Morgan fingerprint density at radius 3 is 2.55 bits per heavy atom. The number of hydrogen-bond acceptors (Lipinski definition) is 4. The van der Waals surface area contributed by atoms with Gasteiger partial charge in [-0.3, -0.25) is 9.59 Å². The lowest BCUT2D eigenvalue weighted by atomic mass is 9.94. The lowest BCUT2D eigenvalue weighted by Crippen LogP contribution is -2.47. The van der Waals surface area contributed by atoms with Crippen molar-refractivity contribution < 1.29 is 14.3 Å². The van der Waals surface area contributed by atoms with Gasteiger partial charge in [0, 0.05) is 25.8 Å². The van der Waals surface area contributed by atoms with Crippen LogP contribution in [0.5, 0.6) is 0 Å². The number of carbonyl (C=O) groups excluding carboxylic acids is 2. The van der Waals surface area contributed by atoms with Crippen LogP contribution in [0.3, 0.4) is 0 Å². The Balaban J connectivity index is 1.89. The maximum absolute atomic E-state index is 13.6. The summed E-state index contributed by atoms with van der Waals surface area (Å²) >= 11 is 1.41. The van der Waals surface area contributed by atoms with Gasteiger partial charge in [0.05, 0.1) is 4.88 Å². The molecule has 3 rings (SSSR count). The molecule has 1 fully saturated rings. The number of aryl methyl sites for hydroxylation is 1. The van der Waals surface area contributed by atoms with Crippen LogP contribution in [-0.4, -0.2) is 42.5 Å². The number of benzene rings is 1. The fraction of sp³-hybridized carbons (Fsp3) is 0.520. The topological polar surface area (TPSA) is 58.6 Å². The largest absolute Gasteiger partial charge is 0.382 e. The lowest BCUT2D eigenvalue weighted by molar-refractivity contribution is -0.127. The highest BCUT2D eigenvalue weighted by Crippen LogP contribution is 2.27. The molecule has 6 heteroatoms. The van der Waals surface area contributed by atoms with Crippen LogP contribution >= 0.6 is 11.3 Å². The third kappa shape index (κ3) is 6.65. The molecule has 1 atom stereocenters. The van der Waals surface area contributed by atoms with E-state index in [1.54, 1.807) is 4.90 Å². The van der Waals surface area contributed by atoms with E-state index in [4.69, 9.17) is 4.74 Å². The van der Waals surface area contributed by atoms with E-state index in [1.165, 1.54) is 17.8 Å². The van der Waals surface area contributed by atoms with Crippen molar-refractivity contribution in [1.82, 2.24) is 10.2 Å². The summed E-state index contributed by atoms with van der Waals surface area (Å²) in [6.07, 6.45) is 6.22. The smallest absolute Gasteiger partial charge is 0.264 e. The van der Waals surface area contributed by atoms with Crippen LogP contribution in [-0.2, 0) is 9.53 Å². The minimum absolute atomic E-state index is 0.0860. The first-order valence-corrected chi connectivity index (χ1v) is 12.3. The molecule has 1 saturated carbocycles. The number of thiophene rings is 1. The van der Waals surface area contributed by atoms with Gasteiger partial charge in [-0.05, 0) is 50.1 Å². The quantitative estimate of drug-likeness (QED) is 0.520. The predicted octanol–water partition coefficient (Wildman–Crippen LogP) is 5.12. The second-order valence-electron chi connectivity index (χ2n) is 8.18. The molecule has 0 saturated heterocycles. The van der Waals surface area contributed by atoms with Gasteiger partial charge in [-0.1, -0.05) is 55.2 Å². The highest BCUT2D eigenvalue weighted by Gasteiger charge is 2.33. The molecule has 31 heavy (non-hydrogen) atoms. The minimum atomic E-state index is -0.654. The van der Waals surface area contributed by atoms with Crippen molar-refractivity contribution in [2.75, 3.05) is 19.8 Å². The highest BCUT2D eigenvalue weighted by molar-refractivity contribution is 7.12. The Morgan fingerprint density at radius 2 is 1.90 bits per heavy atom. The molecule has 0 radical (unpaired) electrons. The zero-order valence-corrected chi connectivity index (χ0v) is 19.5. The molecule has 0 bridgehead atoms. The van der Waals surface area contributed by atoms with Crippen LogP contribution in [0.15, 0.2) is 41.8 Å². The maximum atomic E-state index is 13.6. The number of rotatable bonds is 10. The zero-order valence-electron chi connectivity index (χ0n) is 18.6. The van der Waals surface area contributed by atoms with Crippen molar-refractivity contribution in [3.8, 4) is 0 Å². The van der Waals surface area contributed by atoms with Crippen LogP contribution in [0.4, 0.5) is 0 Å². The Hall–Kier alpha value is -2.18. The van der Waals surface area contributed by atoms with Gasteiger partial charge in [-0.25, -0.2) is 0 Å². The van der Waals surface area contributed by atoms with Gasteiger partial charge in [0.25, 0.3) is 5.91 Å². The summed E-state index contributed by atoms with van der Waals surface area (Å²) in [5, 5.41) is 5.15. The standard InChI is InChI=1S/C25H34N2O3S/c1-3-30-17-8-16-27(25(29)22-11-7-18-31-22)23(20-14-12-19(2)13-15-20)24(28)26-21-9-5-4-6-10-21/h7,11-15,18,21,23H,3-6,8-10,16-17H2,1-2H3,(H,26,28)/t23-/m0/s1. The van der Waals surface area contributed by atoms with Crippen molar-refractivity contribution in [1.29, 1.82) is 0 Å². The van der Waals surface area contributed by atoms with Gasteiger partial charge in [0.15, 0.2) is 0 Å². The van der Waals surface area contributed by atoms with E-state index in [0.717, 1.165) is 36.8 Å². The first-order valence-electron chi connectivity index (χ1n) is 11.4. The second kappa shape index (κ2) is 12.0. The molecule has 1 aromatic heterocycles. The van der Waals surface area contributed by atoms with Gasteiger partial charge >= 0.3 is 0 Å². The van der Waals surface area contributed by atoms with Crippen molar-refractivity contribution in [3.63, 3.8) is 0 Å². The Bertz CT molecular complexity index is 814. The predicted molar refractivity (Wildman–Crippen MR) is 125 cm³/mol. The van der Waals surface area contributed by atoms with E-state index in [-0.39, 0.29) is 17.9 Å². The van der Waals surface area contributed by atoms with E-state index in [9.17, 15) is 9.59 Å². The molecule has 0 unspecified atom stereocenters. The van der Waals surface area contributed by atoms with Gasteiger partial charge < -0.3 is 15.0 Å². The van der Waals surface area contributed by atoms with E-state index in [2.05, 4.69) is 5.32 Å². The third-order valence-corrected chi connectivity index (χ3v) is 6.65. The average Bonchev–Trinajstić information content (AvgIpc) is 3.32. The normalized spacial score (nSPS) is 15.4. The SMILES string of the molecule is CCOCCCN(C(=O)c1cccs1)[C@H](C(=O)NC1CCCCC1)c1ccc(C)cc1.